The maximum atomic E-state index is 13.7. The van der Waals surface area contributed by atoms with Crippen LogP contribution < -0.4 is 5.32 Å². The van der Waals surface area contributed by atoms with Gasteiger partial charge >= 0.3 is 5.97 Å². The molecule has 0 spiro atoms. The quantitative estimate of drug-likeness (QED) is 0.217. The molecule has 0 radical (unpaired) electrons. The van der Waals surface area contributed by atoms with Crippen molar-refractivity contribution in [2.45, 2.75) is 19.5 Å². The molecule has 0 unspecified atom stereocenters. The number of hydrogen-bond donors (Lipinski definition) is 2. The minimum atomic E-state index is -1.02. The number of nitrogens with one attached hydrogen (secondary N) is 1. The van der Waals surface area contributed by atoms with Gasteiger partial charge in [0.1, 0.15) is 5.82 Å². The first-order valence-corrected chi connectivity index (χ1v) is 12.8. The number of aromatic carboxylic acids is 1. The summed E-state index contributed by atoms with van der Waals surface area (Å²) in [7, 11) is 0. The van der Waals surface area contributed by atoms with Crippen molar-refractivity contribution >= 4 is 46.0 Å². The molecule has 0 bridgehead atoms. The van der Waals surface area contributed by atoms with Gasteiger partial charge in [0.05, 0.1) is 35.4 Å². The van der Waals surface area contributed by atoms with Crippen LogP contribution in [0.3, 0.4) is 0 Å². The van der Waals surface area contributed by atoms with E-state index < -0.39 is 12.0 Å². The second kappa shape index (κ2) is 10.9. The van der Waals surface area contributed by atoms with E-state index in [1.54, 1.807) is 59.4 Å². The highest BCUT2D eigenvalue weighted by atomic mass is 35.5. The maximum absolute atomic E-state index is 13.7. The zero-order valence-corrected chi connectivity index (χ0v) is 22.2. The highest BCUT2D eigenvalue weighted by molar-refractivity contribution is 6.34. The number of fused-ring (bicyclic) bond motifs is 1. The molecule has 5 rings (SSSR count). The lowest BCUT2D eigenvalue weighted by Crippen LogP contribution is -2.27. The van der Waals surface area contributed by atoms with E-state index in [0.717, 1.165) is 27.6 Å². The second-order valence-electron chi connectivity index (χ2n) is 9.17. The number of carboxylic acids is 1. The van der Waals surface area contributed by atoms with Crippen molar-refractivity contribution in [3.63, 3.8) is 0 Å². The number of carboxylic acid groups (broad SMARTS) is 1. The summed E-state index contributed by atoms with van der Waals surface area (Å²) < 4.78 is 15.3. The molecule has 6 nitrogen and oxygen atoms in total. The largest absolute Gasteiger partial charge is 0.478 e. The van der Waals surface area contributed by atoms with Gasteiger partial charge in [0, 0.05) is 15.4 Å². The summed E-state index contributed by atoms with van der Waals surface area (Å²) in [6.45, 7) is 2.14. The van der Waals surface area contributed by atoms with Crippen molar-refractivity contribution in [1.82, 2.24) is 15.1 Å². The Hall–Kier alpha value is -4.20. The summed E-state index contributed by atoms with van der Waals surface area (Å²) in [4.78, 5) is 24.9. The molecule has 2 N–H and O–H groups in total. The van der Waals surface area contributed by atoms with E-state index in [-0.39, 0.29) is 17.3 Å². The molecule has 0 saturated carbocycles. The molecular weight excluding hydrogens is 540 g/mol. The highest BCUT2D eigenvalue weighted by Crippen LogP contribution is 2.30. The smallest absolute Gasteiger partial charge is 0.335 e. The predicted octanol–water partition coefficient (Wildman–Crippen LogP) is 7.39. The molecule has 0 saturated heterocycles. The minimum absolute atomic E-state index is 0.163. The summed E-state index contributed by atoms with van der Waals surface area (Å²) in [5.41, 5.74) is 4.21. The third kappa shape index (κ3) is 5.79. The molecule has 1 amide bonds. The third-order valence-electron chi connectivity index (χ3n) is 6.42. The van der Waals surface area contributed by atoms with Crippen molar-refractivity contribution in [1.29, 1.82) is 0 Å². The van der Waals surface area contributed by atoms with E-state index in [4.69, 9.17) is 23.2 Å². The molecule has 0 aliphatic carbocycles. The van der Waals surface area contributed by atoms with E-state index >= 15 is 0 Å². The normalized spacial score (nSPS) is 11.9. The fourth-order valence-corrected chi connectivity index (χ4v) is 5.05. The lowest BCUT2D eigenvalue weighted by molar-refractivity contribution is 0.0696. The molecule has 0 aliphatic rings. The van der Waals surface area contributed by atoms with Crippen molar-refractivity contribution in [2.24, 2.45) is 0 Å². The van der Waals surface area contributed by atoms with E-state index in [0.29, 0.717) is 27.7 Å². The van der Waals surface area contributed by atoms with Crippen LogP contribution >= 0.6 is 23.2 Å². The molecule has 0 fully saturated rings. The van der Waals surface area contributed by atoms with Crippen LogP contribution in [-0.2, 0) is 6.54 Å². The van der Waals surface area contributed by atoms with Crippen LogP contribution in [0.15, 0.2) is 85.1 Å². The Labute approximate surface area is 233 Å². The van der Waals surface area contributed by atoms with Gasteiger partial charge in [0.15, 0.2) is 0 Å². The van der Waals surface area contributed by atoms with Gasteiger partial charge in [-0.3, -0.25) is 9.48 Å². The first-order valence-electron chi connectivity index (χ1n) is 12.0. The summed E-state index contributed by atoms with van der Waals surface area (Å²) in [5, 5.41) is 18.4. The topological polar surface area (TPSA) is 84.2 Å². The fourth-order valence-electron chi connectivity index (χ4n) is 4.48. The van der Waals surface area contributed by atoms with E-state index in [1.165, 1.54) is 24.3 Å². The van der Waals surface area contributed by atoms with E-state index in [2.05, 4.69) is 10.4 Å². The molecular formula is C30H22Cl2FN3O3. The first-order chi connectivity index (χ1) is 18.7. The number of benzene rings is 4. The fraction of sp³-hybridized carbons (Fsp3) is 0.100. The molecule has 9 heteroatoms. The Balaban J connectivity index is 1.55. The number of carbonyl (C=O) groups is 2. The van der Waals surface area contributed by atoms with E-state index in [9.17, 15) is 19.1 Å². The molecule has 1 heterocycles. The van der Waals surface area contributed by atoms with Crippen LogP contribution in [-0.4, -0.2) is 26.8 Å². The number of halogens is 3. The number of aromatic nitrogens is 2. The van der Waals surface area contributed by atoms with Crippen LogP contribution in [0.25, 0.3) is 22.0 Å². The summed E-state index contributed by atoms with van der Waals surface area (Å²) >= 11 is 12.4. The predicted molar refractivity (Wildman–Crippen MR) is 150 cm³/mol. The molecule has 5 aromatic rings. The monoisotopic (exact) mass is 561 g/mol. The number of rotatable bonds is 7. The van der Waals surface area contributed by atoms with Crippen molar-refractivity contribution in [2.75, 3.05) is 0 Å². The van der Waals surface area contributed by atoms with Crippen LogP contribution in [0, 0.1) is 5.82 Å². The minimum Gasteiger partial charge on any atom is -0.478 e. The zero-order chi connectivity index (χ0) is 27.7. The van der Waals surface area contributed by atoms with Crippen LogP contribution in [0.5, 0.6) is 0 Å². The lowest BCUT2D eigenvalue weighted by Gasteiger charge is -2.17. The van der Waals surface area contributed by atoms with Crippen LogP contribution in [0.4, 0.5) is 4.39 Å². The Morgan fingerprint density at radius 3 is 2.26 bits per heavy atom. The Morgan fingerprint density at radius 2 is 1.62 bits per heavy atom. The number of carbonyl (C=O) groups excluding carboxylic acids is 1. The van der Waals surface area contributed by atoms with Crippen molar-refractivity contribution in [3.8, 4) is 11.1 Å². The SMILES string of the molecule is C[C@H](NC(=O)c1cc(-c2ccc(F)cc2)cc2cnn(Cc3cc(Cl)cc(Cl)c3)c12)c1ccc(C(=O)O)cc1. The second-order valence-corrected chi connectivity index (χ2v) is 10.0. The maximum Gasteiger partial charge on any atom is 0.335 e. The molecule has 1 aromatic heterocycles. The standard InChI is InChI=1S/C30H22Cl2FN3O3/c1-17(19-2-4-21(5-3-19)30(38)39)35-29(37)27-13-22(20-6-8-26(33)9-7-20)12-23-15-34-36(28(23)27)16-18-10-24(31)14-25(32)11-18/h2-15,17H,16H2,1H3,(H,35,37)(H,38,39)/t17-/m0/s1. The van der Waals surface area contributed by atoms with E-state index in [1.807, 2.05) is 13.0 Å². The lowest BCUT2D eigenvalue weighted by atomic mass is 9.99. The van der Waals surface area contributed by atoms with Gasteiger partial charge in [-0.05, 0) is 83.8 Å². The molecule has 39 heavy (non-hydrogen) atoms. The molecule has 1 atom stereocenters. The van der Waals surface area contributed by atoms with Gasteiger partial charge in [0.25, 0.3) is 5.91 Å². The van der Waals surface area contributed by atoms with Gasteiger partial charge in [-0.2, -0.15) is 5.10 Å². The Kier molecular flexibility index (Phi) is 7.37. The van der Waals surface area contributed by atoms with Crippen molar-refractivity contribution < 1.29 is 19.1 Å². The number of nitrogens with zero attached hydrogens (tertiary/aromatic N) is 2. The average Bonchev–Trinajstić information content (AvgIpc) is 3.30. The molecule has 4 aromatic carbocycles. The summed E-state index contributed by atoms with van der Waals surface area (Å²) in [5.74, 6) is -1.72. The Morgan fingerprint density at radius 1 is 0.949 bits per heavy atom. The summed E-state index contributed by atoms with van der Waals surface area (Å²) in [6, 6.07) is 20.9. The van der Waals surface area contributed by atoms with Gasteiger partial charge in [-0.25, -0.2) is 9.18 Å². The Bertz CT molecular complexity index is 1680. The highest BCUT2D eigenvalue weighted by Gasteiger charge is 2.20. The van der Waals surface area contributed by atoms with Gasteiger partial charge in [-0.15, -0.1) is 0 Å². The third-order valence-corrected chi connectivity index (χ3v) is 6.85. The van der Waals surface area contributed by atoms with Crippen LogP contribution in [0.1, 0.15) is 44.8 Å². The average molecular weight is 562 g/mol. The number of amides is 1. The summed E-state index contributed by atoms with van der Waals surface area (Å²) in [6.07, 6.45) is 1.68. The molecule has 196 valence electrons. The van der Waals surface area contributed by atoms with Crippen molar-refractivity contribution in [3.05, 3.63) is 123 Å². The molecule has 0 aliphatic heterocycles. The van der Waals surface area contributed by atoms with Gasteiger partial charge in [0.2, 0.25) is 0 Å². The van der Waals surface area contributed by atoms with Gasteiger partial charge in [-0.1, -0.05) is 47.5 Å². The first kappa shape index (κ1) is 26.4. The van der Waals surface area contributed by atoms with Gasteiger partial charge < -0.3 is 10.4 Å². The number of hydrogen-bond acceptors (Lipinski definition) is 3. The van der Waals surface area contributed by atoms with Crippen LogP contribution in [0.2, 0.25) is 10.0 Å². The zero-order valence-electron chi connectivity index (χ0n) is 20.7.